The summed E-state index contributed by atoms with van der Waals surface area (Å²) in [7, 11) is 0. The lowest BCUT2D eigenvalue weighted by atomic mass is 9.96. The third-order valence-electron chi connectivity index (χ3n) is 2.19. The SMILES string of the molecule is [2H]C([2H])(O)COC(=O)NC1CCCCC1. The number of carbonyl (C=O) groups excluding carboxylic acids is 1. The fourth-order valence-electron chi connectivity index (χ4n) is 1.55. The van der Waals surface area contributed by atoms with E-state index in [0.717, 1.165) is 25.7 Å². The summed E-state index contributed by atoms with van der Waals surface area (Å²) < 4.78 is 18.1. The van der Waals surface area contributed by atoms with Crippen molar-refractivity contribution in [2.75, 3.05) is 13.2 Å². The van der Waals surface area contributed by atoms with Crippen molar-refractivity contribution in [1.82, 2.24) is 5.32 Å². The number of alkyl carbamates (subject to hydrolysis) is 1. The van der Waals surface area contributed by atoms with Crippen LogP contribution in [0.4, 0.5) is 4.79 Å². The molecule has 13 heavy (non-hydrogen) atoms. The van der Waals surface area contributed by atoms with Gasteiger partial charge in [-0.2, -0.15) is 0 Å². The van der Waals surface area contributed by atoms with Crippen LogP contribution in [-0.2, 0) is 4.74 Å². The van der Waals surface area contributed by atoms with E-state index in [2.05, 4.69) is 10.1 Å². The molecule has 0 heterocycles. The Labute approximate surface area is 81.1 Å². The highest BCUT2D eigenvalue weighted by Crippen LogP contribution is 2.17. The van der Waals surface area contributed by atoms with Gasteiger partial charge in [0.2, 0.25) is 0 Å². The lowest BCUT2D eigenvalue weighted by molar-refractivity contribution is 0.114. The molecule has 0 atom stereocenters. The number of amides is 1. The molecule has 2 N–H and O–H groups in total. The molecule has 1 aliphatic carbocycles. The van der Waals surface area contributed by atoms with Crippen LogP contribution in [0.5, 0.6) is 0 Å². The van der Waals surface area contributed by atoms with Crippen molar-refractivity contribution in [3.8, 4) is 0 Å². The molecule has 1 aliphatic rings. The minimum absolute atomic E-state index is 0.135. The van der Waals surface area contributed by atoms with E-state index < -0.39 is 19.3 Å². The second kappa shape index (κ2) is 5.80. The van der Waals surface area contributed by atoms with Crippen molar-refractivity contribution in [1.29, 1.82) is 0 Å². The lowest BCUT2D eigenvalue weighted by Crippen LogP contribution is -2.36. The number of hydrogen-bond donors (Lipinski definition) is 2. The molecule has 0 aromatic carbocycles. The van der Waals surface area contributed by atoms with Gasteiger partial charge < -0.3 is 15.2 Å². The number of ether oxygens (including phenoxy) is 1. The summed E-state index contributed by atoms with van der Waals surface area (Å²) in [6.07, 6.45) is 4.64. The molecule has 1 saturated carbocycles. The zero-order valence-electron chi connectivity index (χ0n) is 9.58. The van der Waals surface area contributed by atoms with Gasteiger partial charge in [-0.1, -0.05) is 19.3 Å². The Morgan fingerprint density at radius 3 is 2.85 bits per heavy atom. The van der Waals surface area contributed by atoms with Crippen molar-refractivity contribution < 1.29 is 17.4 Å². The molecule has 76 valence electrons. The maximum atomic E-state index is 11.1. The van der Waals surface area contributed by atoms with Crippen LogP contribution in [0.2, 0.25) is 0 Å². The standard InChI is InChI=1S/C9H17NO3/c11-6-7-13-9(12)10-8-4-2-1-3-5-8/h8,11H,1-7H2,(H,10,12)/i6D2. The normalized spacial score (nSPS) is 21.6. The van der Waals surface area contributed by atoms with Crippen molar-refractivity contribution in [3.63, 3.8) is 0 Å². The first-order chi connectivity index (χ1) is 6.97. The van der Waals surface area contributed by atoms with Crippen molar-refractivity contribution in [2.24, 2.45) is 0 Å². The number of carbonyl (C=O) groups is 1. The van der Waals surface area contributed by atoms with E-state index in [1.165, 1.54) is 6.42 Å². The van der Waals surface area contributed by atoms with Crippen molar-refractivity contribution in [2.45, 2.75) is 38.1 Å². The Kier molecular flexibility index (Phi) is 3.40. The van der Waals surface area contributed by atoms with Gasteiger partial charge in [0, 0.05) is 6.04 Å². The molecule has 0 aliphatic heterocycles. The highest BCUT2D eigenvalue weighted by atomic mass is 16.6. The zero-order chi connectivity index (χ0) is 11.3. The van der Waals surface area contributed by atoms with Crippen LogP contribution < -0.4 is 5.32 Å². The average molecular weight is 189 g/mol. The van der Waals surface area contributed by atoms with E-state index in [-0.39, 0.29) is 6.04 Å². The molecular formula is C9H17NO3. The van der Waals surface area contributed by atoms with Crippen molar-refractivity contribution in [3.05, 3.63) is 0 Å². The fraction of sp³-hybridized carbons (Fsp3) is 0.889. The Bertz CT molecular complexity index is 212. The van der Waals surface area contributed by atoms with Crippen LogP contribution in [-0.4, -0.2) is 30.4 Å². The number of hydrogen-bond acceptors (Lipinski definition) is 3. The van der Waals surface area contributed by atoms with Gasteiger partial charge >= 0.3 is 6.09 Å². The van der Waals surface area contributed by atoms with Crippen molar-refractivity contribution >= 4 is 6.09 Å². The van der Waals surface area contributed by atoms with E-state index in [9.17, 15) is 4.79 Å². The van der Waals surface area contributed by atoms with E-state index >= 15 is 0 Å². The topological polar surface area (TPSA) is 58.6 Å². The maximum Gasteiger partial charge on any atom is 0.407 e. The molecule has 4 heteroatoms. The maximum absolute atomic E-state index is 11.1. The summed E-state index contributed by atoms with van der Waals surface area (Å²) in [6, 6.07) is 0.135. The fourth-order valence-corrected chi connectivity index (χ4v) is 1.55. The summed E-state index contributed by atoms with van der Waals surface area (Å²) in [5.74, 6) is 0. The van der Waals surface area contributed by atoms with Gasteiger partial charge in [-0.05, 0) is 12.8 Å². The van der Waals surface area contributed by atoms with Gasteiger partial charge in [0.15, 0.2) is 0 Å². The predicted molar refractivity (Wildman–Crippen MR) is 48.4 cm³/mol. The quantitative estimate of drug-likeness (QED) is 0.697. The van der Waals surface area contributed by atoms with E-state index in [4.69, 9.17) is 7.85 Å². The molecule has 1 amide bonds. The molecule has 0 bridgehead atoms. The number of aliphatic hydroxyl groups is 1. The highest BCUT2D eigenvalue weighted by molar-refractivity contribution is 5.67. The Hall–Kier alpha value is -0.770. The van der Waals surface area contributed by atoms with Crippen LogP contribution in [0, 0.1) is 0 Å². The summed E-state index contributed by atoms with van der Waals surface area (Å²) >= 11 is 0. The molecule has 0 aromatic rings. The molecule has 1 fully saturated rings. The van der Waals surface area contributed by atoms with Gasteiger partial charge in [0.05, 0.1) is 9.30 Å². The third-order valence-corrected chi connectivity index (χ3v) is 2.19. The van der Waals surface area contributed by atoms with Gasteiger partial charge in [0.1, 0.15) is 6.61 Å². The Morgan fingerprint density at radius 2 is 2.23 bits per heavy atom. The minimum Gasteiger partial charge on any atom is -0.447 e. The van der Waals surface area contributed by atoms with Gasteiger partial charge in [0.25, 0.3) is 0 Å². The van der Waals surface area contributed by atoms with Crippen LogP contribution in [0.15, 0.2) is 0 Å². The van der Waals surface area contributed by atoms with Crippen LogP contribution in [0.1, 0.15) is 34.8 Å². The van der Waals surface area contributed by atoms with Crippen LogP contribution in [0.25, 0.3) is 0 Å². The van der Waals surface area contributed by atoms with E-state index in [1.807, 2.05) is 0 Å². The summed E-state index contributed by atoms with van der Waals surface area (Å²) in [5.41, 5.74) is 0. The van der Waals surface area contributed by atoms with Gasteiger partial charge in [-0.15, -0.1) is 0 Å². The van der Waals surface area contributed by atoms with Gasteiger partial charge in [-0.3, -0.25) is 0 Å². The third kappa shape index (κ3) is 4.12. The molecular weight excluding hydrogens is 170 g/mol. The Balaban J connectivity index is 2.17. The molecule has 0 unspecified atom stereocenters. The lowest BCUT2D eigenvalue weighted by Gasteiger charge is -2.22. The van der Waals surface area contributed by atoms with Crippen LogP contribution >= 0.6 is 0 Å². The average Bonchev–Trinajstić information content (AvgIpc) is 2.15. The van der Waals surface area contributed by atoms with E-state index in [1.54, 1.807) is 0 Å². The number of nitrogens with one attached hydrogen (secondary N) is 1. The summed E-state index contributed by atoms with van der Waals surface area (Å²) in [6.45, 7) is -3.09. The highest BCUT2D eigenvalue weighted by Gasteiger charge is 2.15. The first-order valence-electron chi connectivity index (χ1n) is 5.63. The molecule has 0 radical (unpaired) electrons. The van der Waals surface area contributed by atoms with E-state index in [0.29, 0.717) is 0 Å². The first kappa shape index (κ1) is 7.62. The minimum atomic E-state index is -2.45. The number of rotatable bonds is 3. The molecule has 4 nitrogen and oxygen atoms in total. The second-order valence-electron chi connectivity index (χ2n) is 3.21. The largest absolute Gasteiger partial charge is 0.447 e. The monoisotopic (exact) mass is 189 g/mol. The molecule has 1 rings (SSSR count). The molecule has 0 aromatic heterocycles. The predicted octanol–water partition coefficient (Wildman–Crippen LogP) is 1.04. The van der Waals surface area contributed by atoms with Crippen LogP contribution in [0.3, 0.4) is 0 Å². The molecule has 0 spiro atoms. The Morgan fingerprint density at radius 1 is 1.54 bits per heavy atom. The summed E-state index contributed by atoms with van der Waals surface area (Å²) in [5, 5.41) is 11.4. The second-order valence-corrected chi connectivity index (χ2v) is 3.21. The smallest absolute Gasteiger partial charge is 0.407 e. The summed E-state index contributed by atoms with van der Waals surface area (Å²) in [4.78, 5) is 11.1. The molecule has 0 saturated heterocycles. The zero-order valence-corrected chi connectivity index (χ0v) is 7.58. The van der Waals surface area contributed by atoms with Gasteiger partial charge in [-0.25, -0.2) is 4.79 Å². The first-order valence-corrected chi connectivity index (χ1v) is 4.63.